The van der Waals surface area contributed by atoms with Gasteiger partial charge in [-0.3, -0.25) is 0 Å². The van der Waals surface area contributed by atoms with E-state index in [4.69, 9.17) is 4.74 Å². The standard InChI is InChI=1S/C13H27NO/c1-6-13(7-2)11(14-10(4)5)9-12(13)15-8-3/h10-12,14H,6-9H2,1-5H3. The highest BCUT2D eigenvalue weighted by Crippen LogP contribution is 2.48. The lowest BCUT2D eigenvalue weighted by molar-refractivity contribution is -0.139. The van der Waals surface area contributed by atoms with Crippen molar-refractivity contribution >= 4 is 0 Å². The fraction of sp³-hybridized carbons (Fsp3) is 1.00. The van der Waals surface area contributed by atoms with Gasteiger partial charge in [-0.1, -0.05) is 27.7 Å². The summed E-state index contributed by atoms with van der Waals surface area (Å²) in [6.45, 7) is 12.0. The van der Waals surface area contributed by atoms with Crippen LogP contribution in [0.5, 0.6) is 0 Å². The first kappa shape index (κ1) is 13.0. The number of rotatable bonds is 6. The molecule has 2 atom stereocenters. The average molecular weight is 213 g/mol. The van der Waals surface area contributed by atoms with Crippen LogP contribution in [0.1, 0.15) is 53.9 Å². The third-order valence-corrected chi connectivity index (χ3v) is 4.00. The van der Waals surface area contributed by atoms with E-state index in [2.05, 4.69) is 39.9 Å². The molecule has 1 N–H and O–H groups in total. The predicted octanol–water partition coefficient (Wildman–Crippen LogP) is 2.97. The first-order valence-corrected chi connectivity index (χ1v) is 6.48. The molecule has 0 aromatic rings. The zero-order chi connectivity index (χ0) is 11.5. The molecule has 15 heavy (non-hydrogen) atoms. The van der Waals surface area contributed by atoms with E-state index >= 15 is 0 Å². The molecular weight excluding hydrogens is 186 g/mol. The third-order valence-electron chi connectivity index (χ3n) is 4.00. The molecule has 2 nitrogen and oxygen atoms in total. The molecule has 0 amide bonds. The molecule has 1 aliphatic carbocycles. The largest absolute Gasteiger partial charge is 0.378 e. The van der Waals surface area contributed by atoms with Crippen LogP contribution in [0.15, 0.2) is 0 Å². The van der Waals surface area contributed by atoms with Gasteiger partial charge < -0.3 is 10.1 Å². The van der Waals surface area contributed by atoms with Crippen molar-refractivity contribution in [1.29, 1.82) is 0 Å². The summed E-state index contributed by atoms with van der Waals surface area (Å²) in [5.74, 6) is 0. The lowest BCUT2D eigenvalue weighted by atomic mass is 9.58. The molecule has 1 saturated carbocycles. The number of ether oxygens (including phenoxy) is 1. The Morgan fingerprint density at radius 2 is 1.87 bits per heavy atom. The second-order valence-corrected chi connectivity index (χ2v) is 4.99. The highest BCUT2D eigenvalue weighted by Gasteiger charge is 2.53. The molecule has 0 spiro atoms. The van der Waals surface area contributed by atoms with Crippen LogP contribution in [0.2, 0.25) is 0 Å². The lowest BCUT2D eigenvalue weighted by Crippen LogP contribution is -2.64. The molecule has 0 heterocycles. The van der Waals surface area contributed by atoms with E-state index < -0.39 is 0 Å². The maximum atomic E-state index is 5.85. The summed E-state index contributed by atoms with van der Waals surface area (Å²) in [6.07, 6.45) is 4.11. The SMILES string of the molecule is CCOC1CC(NC(C)C)C1(CC)CC. The Kier molecular flexibility index (Phi) is 4.60. The minimum atomic E-state index is 0.389. The van der Waals surface area contributed by atoms with Gasteiger partial charge in [-0.05, 0) is 26.2 Å². The molecule has 0 aliphatic heterocycles. The molecule has 90 valence electrons. The van der Waals surface area contributed by atoms with E-state index in [0.717, 1.165) is 6.61 Å². The normalized spacial score (nSPS) is 29.2. The molecule has 0 saturated heterocycles. The van der Waals surface area contributed by atoms with E-state index in [0.29, 0.717) is 23.6 Å². The minimum Gasteiger partial charge on any atom is -0.378 e. The molecule has 0 radical (unpaired) electrons. The minimum absolute atomic E-state index is 0.389. The fourth-order valence-electron chi connectivity index (χ4n) is 3.02. The quantitative estimate of drug-likeness (QED) is 0.732. The van der Waals surface area contributed by atoms with Crippen molar-refractivity contribution in [3.8, 4) is 0 Å². The van der Waals surface area contributed by atoms with Crippen molar-refractivity contribution in [1.82, 2.24) is 5.32 Å². The van der Waals surface area contributed by atoms with Gasteiger partial charge in [-0.25, -0.2) is 0 Å². The smallest absolute Gasteiger partial charge is 0.0660 e. The number of hydrogen-bond donors (Lipinski definition) is 1. The molecule has 1 rings (SSSR count). The van der Waals surface area contributed by atoms with Crippen LogP contribution in [-0.4, -0.2) is 24.8 Å². The van der Waals surface area contributed by atoms with Crippen molar-refractivity contribution < 1.29 is 4.74 Å². The summed E-state index contributed by atoms with van der Waals surface area (Å²) in [6, 6.07) is 1.24. The Morgan fingerprint density at radius 3 is 2.27 bits per heavy atom. The molecule has 1 fully saturated rings. The first-order valence-electron chi connectivity index (χ1n) is 6.48. The van der Waals surface area contributed by atoms with Crippen molar-refractivity contribution in [3.05, 3.63) is 0 Å². The molecule has 0 aromatic heterocycles. The molecule has 2 unspecified atom stereocenters. The van der Waals surface area contributed by atoms with Gasteiger partial charge in [-0.2, -0.15) is 0 Å². The molecule has 0 bridgehead atoms. The Hall–Kier alpha value is -0.0800. The molecule has 1 aliphatic rings. The molecule has 2 heteroatoms. The van der Waals surface area contributed by atoms with Crippen LogP contribution in [0.3, 0.4) is 0 Å². The number of hydrogen-bond acceptors (Lipinski definition) is 2. The predicted molar refractivity (Wildman–Crippen MR) is 65.1 cm³/mol. The monoisotopic (exact) mass is 213 g/mol. The number of nitrogens with one attached hydrogen (secondary N) is 1. The zero-order valence-electron chi connectivity index (χ0n) is 11.0. The second-order valence-electron chi connectivity index (χ2n) is 4.99. The van der Waals surface area contributed by atoms with Gasteiger partial charge in [0.15, 0.2) is 0 Å². The summed E-state index contributed by atoms with van der Waals surface area (Å²) < 4.78 is 5.85. The van der Waals surface area contributed by atoms with E-state index in [1.54, 1.807) is 0 Å². The topological polar surface area (TPSA) is 21.3 Å². The Labute approximate surface area is 94.8 Å². The van der Waals surface area contributed by atoms with Gasteiger partial charge in [0.05, 0.1) is 6.10 Å². The van der Waals surface area contributed by atoms with Crippen LogP contribution in [0.25, 0.3) is 0 Å². The van der Waals surface area contributed by atoms with Crippen molar-refractivity contribution in [2.75, 3.05) is 6.61 Å². The fourth-order valence-corrected chi connectivity index (χ4v) is 3.02. The van der Waals surface area contributed by atoms with Crippen molar-refractivity contribution in [2.24, 2.45) is 5.41 Å². The summed E-state index contributed by atoms with van der Waals surface area (Å²) in [5.41, 5.74) is 0.389. The van der Waals surface area contributed by atoms with E-state index in [1.165, 1.54) is 19.3 Å². The Morgan fingerprint density at radius 1 is 1.27 bits per heavy atom. The lowest BCUT2D eigenvalue weighted by Gasteiger charge is -2.56. The maximum absolute atomic E-state index is 5.85. The molecule has 0 aromatic carbocycles. The van der Waals surface area contributed by atoms with E-state index in [-0.39, 0.29) is 0 Å². The summed E-state index contributed by atoms with van der Waals surface area (Å²) in [7, 11) is 0. The summed E-state index contributed by atoms with van der Waals surface area (Å²) in [5, 5.41) is 3.68. The average Bonchev–Trinajstić information content (AvgIpc) is 2.18. The van der Waals surface area contributed by atoms with Crippen molar-refractivity contribution in [2.45, 2.75) is 72.1 Å². The van der Waals surface area contributed by atoms with Crippen LogP contribution < -0.4 is 5.32 Å². The maximum Gasteiger partial charge on any atom is 0.0660 e. The van der Waals surface area contributed by atoms with Gasteiger partial charge in [0, 0.05) is 24.1 Å². The molecular formula is C13H27NO. The highest BCUT2D eigenvalue weighted by molar-refractivity contribution is 5.07. The summed E-state index contributed by atoms with van der Waals surface area (Å²) >= 11 is 0. The Bertz CT molecular complexity index is 187. The first-order chi connectivity index (χ1) is 7.10. The highest BCUT2D eigenvalue weighted by atomic mass is 16.5. The summed E-state index contributed by atoms with van der Waals surface area (Å²) in [4.78, 5) is 0. The van der Waals surface area contributed by atoms with E-state index in [9.17, 15) is 0 Å². The zero-order valence-corrected chi connectivity index (χ0v) is 11.0. The van der Waals surface area contributed by atoms with Crippen LogP contribution in [0.4, 0.5) is 0 Å². The van der Waals surface area contributed by atoms with Gasteiger partial charge in [0.1, 0.15) is 0 Å². The Balaban J connectivity index is 2.61. The van der Waals surface area contributed by atoms with Crippen LogP contribution >= 0.6 is 0 Å². The van der Waals surface area contributed by atoms with Gasteiger partial charge in [0.2, 0.25) is 0 Å². The van der Waals surface area contributed by atoms with Gasteiger partial charge >= 0.3 is 0 Å². The van der Waals surface area contributed by atoms with Crippen molar-refractivity contribution in [3.63, 3.8) is 0 Å². The third kappa shape index (κ3) is 2.36. The van der Waals surface area contributed by atoms with E-state index in [1.807, 2.05) is 0 Å². The van der Waals surface area contributed by atoms with Crippen LogP contribution in [0, 0.1) is 5.41 Å². The van der Waals surface area contributed by atoms with Gasteiger partial charge in [-0.15, -0.1) is 0 Å². The van der Waals surface area contributed by atoms with Crippen LogP contribution in [-0.2, 0) is 4.74 Å². The van der Waals surface area contributed by atoms with Gasteiger partial charge in [0.25, 0.3) is 0 Å². The second kappa shape index (κ2) is 5.31.